The molecule has 1 aromatic rings. The summed E-state index contributed by atoms with van der Waals surface area (Å²) in [4.78, 5) is 21.7. The van der Waals surface area contributed by atoms with Crippen molar-refractivity contribution in [3.8, 4) is 0 Å². The molecule has 7 heteroatoms. The smallest absolute Gasteiger partial charge is 0.303 e. The van der Waals surface area contributed by atoms with E-state index in [0.717, 1.165) is 5.69 Å². The Labute approximate surface area is 92.0 Å². The van der Waals surface area contributed by atoms with Crippen molar-refractivity contribution in [1.29, 1.82) is 0 Å². The highest BCUT2D eigenvalue weighted by Crippen LogP contribution is 1.96. The van der Waals surface area contributed by atoms with Gasteiger partial charge >= 0.3 is 5.97 Å². The van der Waals surface area contributed by atoms with E-state index in [1.165, 1.54) is 0 Å². The highest BCUT2D eigenvalue weighted by molar-refractivity contribution is 5.82. The molecular weight excluding hydrogens is 212 g/mol. The van der Waals surface area contributed by atoms with Gasteiger partial charge in [0.15, 0.2) is 0 Å². The fourth-order valence-corrected chi connectivity index (χ4v) is 1.11. The van der Waals surface area contributed by atoms with Crippen molar-refractivity contribution in [2.24, 2.45) is 5.73 Å². The van der Waals surface area contributed by atoms with E-state index >= 15 is 0 Å². The largest absolute Gasteiger partial charge is 0.481 e. The minimum Gasteiger partial charge on any atom is -0.481 e. The lowest BCUT2D eigenvalue weighted by atomic mass is 10.1. The van der Waals surface area contributed by atoms with E-state index in [1.807, 2.05) is 0 Å². The summed E-state index contributed by atoms with van der Waals surface area (Å²) in [5, 5.41) is 17.4. The van der Waals surface area contributed by atoms with Gasteiger partial charge in [-0.15, -0.1) is 0 Å². The van der Waals surface area contributed by atoms with E-state index in [0.29, 0.717) is 6.54 Å². The molecule has 0 bridgehead atoms. The molecule has 0 aliphatic heterocycles. The summed E-state index contributed by atoms with van der Waals surface area (Å²) in [5.74, 6) is -1.33. The van der Waals surface area contributed by atoms with E-state index in [4.69, 9.17) is 10.8 Å². The third kappa shape index (κ3) is 4.09. The van der Waals surface area contributed by atoms with Crippen LogP contribution in [0.1, 0.15) is 18.5 Å². The maximum absolute atomic E-state index is 11.4. The Bertz CT molecular complexity index is 350. The molecule has 0 aliphatic carbocycles. The first-order valence-corrected chi connectivity index (χ1v) is 4.83. The summed E-state index contributed by atoms with van der Waals surface area (Å²) in [7, 11) is 0. The van der Waals surface area contributed by atoms with Crippen LogP contribution < -0.4 is 11.1 Å². The monoisotopic (exact) mass is 226 g/mol. The third-order valence-corrected chi connectivity index (χ3v) is 2.02. The van der Waals surface area contributed by atoms with Crippen LogP contribution in [0.25, 0.3) is 0 Å². The Morgan fingerprint density at radius 3 is 2.94 bits per heavy atom. The Balaban J connectivity index is 2.26. The van der Waals surface area contributed by atoms with Crippen LogP contribution in [0.3, 0.4) is 0 Å². The zero-order valence-corrected chi connectivity index (χ0v) is 8.64. The highest BCUT2D eigenvalue weighted by Gasteiger charge is 2.14. The minimum absolute atomic E-state index is 0.112. The molecule has 7 nitrogen and oxygen atoms in total. The van der Waals surface area contributed by atoms with Gasteiger partial charge in [-0.3, -0.25) is 14.7 Å². The number of nitrogens with one attached hydrogen (secondary N) is 2. The van der Waals surface area contributed by atoms with Crippen molar-refractivity contribution in [2.45, 2.75) is 25.4 Å². The summed E-state index contributed by atoms with van der Waals surface area (Å²) in [6.45, 7) is 0.305. The molecule has 1 amide bonds. The number of aromatic nitrogens is 2. The molecule has 0 spiro atoms. The van der Waals surface area contributed by atoms with Gasteiger partial charge in [0.25, 0.3) is 0 Å². The third-order valence-electron chi connectivity index (χ3n) is 2.02. The summed E-state index contributed by atoms with van der Waals surface area (Å²) >= 11 is 0. The van der Waals surface area contributed by atoms with Crippen LogP contribution in [0.4, 0.5) is 0 Å². The van der Waals surface area contributed by atoms with Gasteiger partial charge in [0, 0.05) is 12.6 Å². The number of hydrogen-bond acceptors (Lipinski definition) is 4. The number of carboxylic acids is 1. The SMILES string of the molecule is NC(CCC(=O)O)C(=O)NCc1ccn[nH]1. The van der Waals surface area contributed by atoms with E-state index in [-0.39, 0.29) is 18.7 Å². The molecule has 1 atom stereocenters. The second-order valence-corrected chi connectivity index (χ2v) is 3.34. The molecule has 1 heterocycles. The predicted octanol–water partition coefficient (Wildman–Crippen LogP) is -0.782. The average molecular weight is 226 g/mol. The lowest BCUT2D eigenvalue weighted by Crippen LogP contribution is -2.40. The number of aliphatic carboxylic acids is 1. The summed E-state index contributed by atoms with van der Waals surface area (Å²) in [5.41, 5.74) is 6.27. The van der Waals surface area contributed by atoms with Gasteiger partial charge in [0.2, 0.25) is 5.91 Å². The number of nitrogens with two attached hydrogens (primary N) is 1. The first-order chi connectivity index (χ1) is 7.59. The number of carbonyl (C=O) groups excluding carboxylic acids is 1. The second-order valence-electron chi connectivity index (χ2n) is 3.34. The van der Waals surface area contributed by atoms with Gasteiger partial charge in [0.05, 0.1) is 18.3 Å². The Kier molecular flexibility index (Phi) is 4.46. The van der Waals surface area contributed by atoms with Gasteiger partial charge in [-0.1, -0.05) is 0 Å². The molecule has 0 aromatic carbocycles. The molecule has 16 heavy (non-hydrogen) atoms. The van der Waals surface area contributed by atoms with Gasteiger partial charge in [-0.2, -0.15) is 5.10 Å². The fraction of sp³-hybridized carbons (Fsp3) is 0.444. The molecule has 0 saturated heterocycles. The molecule has 5 N–H and O–H groups in total. The lowest BCUT2D eigenvalue weighted by Gasteiger charge is -2.10. The van der Waals surface area contributed by atoms with Gasteiger partial charge < -0.3 is 16.2 Å². The van der Waals surface area contributed by atoms with E-state index < -0.39 is 12.0 Å². The molecule has 1 rings (SSSR count). The quantitative estimate of drug-likeness (QED) is 0.507. The van der Waals surface area contributed by atoms with Crippen LogP contribution in [-0.4, -0.2) is 33.2 Å². The molecule has 0 aliphatic rings. The van der Waals surface area contributed by atoms with Gasteiger partial charge in [-0.25, -0.2) is 0 Å². The molecule has 0 fully saturated rings. The number of H-pyrrole nitrogens is 1. The first kappa shape index (κ1) is 12.2. The number of nitrogens with zero attached hydrogens (tertiary/aromatic N) is 1. The van der Waals surface area contributed by atoms with Crippen molar-refractivity contribution >= 4 is 11.9 Å². The predicted molar refractivity (Wildman–Crippen MR) is 55.3 cm³/mol. The van der Waals surface area contributed by atoms with Crippen molar-refractivity contribution < 1.29 is 14.7 Å². The maximum Gasteiger partial charge on any atom is 0.303 e. The second kappa shape index (κ2) is 5.86. The van der Waals surface area contributed by atoms with Crippen molar-refractivity contribution in [3.63, 3.8) is 0 Å². The Hall–Kier alpha value is -1.89. The van der Waals surface area contributed by atoms with Crippen LogP contribution in [0.2, 0.25) is 0 Å². The molecule has 1 unspecified atom stereocenters. The van der Waals surface area contributed by atoms with Crippen LogP contribution in [0.15, 0.2) is 12.3 Å². The number of aromatic amines is 1. The van der Waals surface area contributed by atoms with Crippen LogP contribution in [0.5, 0.6) is 0 Å². The van der Waals surface area contributed by atoms with Crippen molar-refractivity contribution in [1.82, 2.24) is 15.5 Å². The number of rotatable bonds is 6. The minimum atomic E-state index is -0.961. The van der Waals surface area contributed by atoms with E-state index in [1.54, 1.807) is 12.3 Å². The standard InChI is InChI=1S/C9H14N4O3/c10-7(1-2-8(14)15)9(16)11-5-6-3-4-12-13-6/h3-4,7H,1-2,5,10H2,(H,11,16)(H,12,13)(H,14,15). The van der Waals surface area contributed by atoms with Crippen LogP contribution in [-0.2, 0) is 16.1 Å². The summed E-state index contributed by atoms with van der Waals surface area (Å²) < 4.78 is 0. The van der Waals surface area contributed by atoms with E-state index in [2.05, 4.69) is 15.5 Å². The van der Waals surface area contributed by atoms with Gasteiger partial charge in [0.1, 0.15) is 0 Å². The Morgan fingerprint density at radius 2 is 2.38 bits per heavy atom. The van der Waals surface area contributed by atoms with E-state index in [9.17, 15) is 9.59 Å². The van der Waals surface area contributed by atoms with Crippen molar-refractivity contribution in [2.75, 3.05) is 0 Å². The molecule has 0 radical (unpaired) electrons. The average Bonchev–Trinajstić information content (AvgIpc) is 2.75. The normalized spacial score (nSPS) is 12.1. The Morgan fingerprint density at radius 1 is 1.62 bits per heavy atom. The van der Waals surface area contributed by atoms with Crippen LogP contribution in [0, 0.1) is 0 Å². The summed E-state index contributed by atoms with van der Waals surface area (Å²) in [6, 6.07) is 0.933. The molecule has 1 aromatic heterocycles. The number of carboxylic acid groups (broad SMARTS) is 1. The number of hydrogen-bond donors (Lipinski definition) is 4. The number of amides is 1. The van der Waals surface area contributed by atoms with Crippen LogP contribution >= 0.6 is 0 Å². The summed E-state index contributed by atoms with van der Waals surface area (Å²) in [6.07, 6.45) is 1.59. The van der Waals surface area contributed by atoms with Crippen molar-refractivity contribution in [3.05, 3.63) is 18.0 Å². The molecule has 0 saturated carbocycles. The zero-order chi connectivity index (χ0) is 12.0. The first-order valence-electron chi connectivity index (χ1n) is 4.83. The zero-order valence-electron chi connectivity index (χ0n) is 8.64. The topological polar surface area (TPSA) is 121 Å². The van der Waals surface area contributed by atoms with Gasteiger partial charge in [-0.05, 0) is 12.5 Å². The maximum atomic E-state index is 11.4. The molecular formula is C9H14N4O3. The highest BCUT2D eigenvalue weighted by atomic mass is 16.4. The molecule has 88 valence electrons. The lowest BCUT2D eigenvalue weighted by molar-refractivity contribution is -0.137. The fourth-order valence-electron chi connectivity index (χ4n) is 1.11. The number of carbonyl (C=O) groups is 2.